The van der Waals surface area contributed by atoms with E-state index in [9.17, 15) is 4.79 Å². The van der Waals surface area contributed by atoms with Crippen LogP contribution in [0.4, 0.5) is 0 Å². The van der Waals surface area contributed by atoms with Gasteiger partial charge in [0.15, 0.2) is 0 Å². The van der Waals surface area contributed by atoms with Gasteiger partial charge in [-0.15, -0.1) is 24.8 Å². The van der Waals surface area contributed by atoms with E-state index < -0.39 is 0 Å². The van der Waals surface area contributed by atoms with E-state index >= 15 is 0 Å². The van der Waals surface area contributed by atoms with E-state index in [2.05, 4.69) is 29.4 Å². The summed E-state index contributed by atoms with van der Waals surface area (Å²) in [5, 5.41) is 6.74. The lowest BCUT2D eigenvalue weighted by molar-refractivity contribution is -0.122. The average molecular weight is 408 g/mol. The Morgan fingerprint density at radius 1 is 1.04 bits per heavy atom. The van der Waals surface area contributed by atoms with Gasteiger partial charge in [0.05, 0.1) is 6.04 Å². The second-order valence-electron chi connectivity index (χ2n) is 8.81. The molecule has 0 aromatic rings. The first-order valence-corrected chi connectivity index (χ1v) is 10.4. The Balaban J connectivity index is 0.00000169. The zero-order valence-electron chi connectivity index (χ0n) is 16.5. The average Bonchev–Trinajstić information content (AvgIpc) is 2.97. The molecule has 3 aliphatic rings. The van der Waals surface area contributed by atoms with Gasteiger partial charge in [-0.1, -0.05) is 26.7 Å². The number of carbonyl (C=O) groups is 1. The SMILES string of the molecule is CC1CC(C)CN(CCCCNC(=O)C2CC3CCCCC3N2)C1.Cl.Cl. The van der Waals surface area contributed by atoms with Crippen LogP contribution in [0.1, 0.15) is 65.2 Å². The minimum absolute atomic E-state index is 0. The molecule has 0 aromatic heterocycles. The van der Waals surface area contributed by atoms with E-state index in [0.717, 1.165) is 37.1 Å². The van der Waals surface area contributed by atoms with E-state index in [1.807, 2.05) is 0 Å². The first kappa shape index (κ1) is 24.0. The van der Waals surface area contributed by atoms with Crippen LogP contribution >= 0.6 is 24.8 Å². The molecule has 1 amide bonds. The molecule has 1 aliphatic carbocycles. The van der Waals surface area contributed by atoms with Crippen molar-refractivity contribution in [3.63, 3.8) is 0 Å². The normalized spacial score (nSPS) is 34.3. The molecule has 2 heterocycles. The van der Waals surface area contributed by atoms with Gasteiger partial charge < -0.3 is 15.5 Å². The van der Waals surface area contributed by atoms with Crippen molar-refractivity contribution >= 4 is 30.7 Å². The van der Waals surface area contributed by atoms with Crippen molar-refractivity contribution in [2.45, 2.75) is 77.3 Å². The van der Waals surface area contributed by atoms with Crippen molar-refractivity contribution in [3.8, 4) is 0 Å². The minimum Gasteiger partial charge on any atom is -0.355 e. The smallest absolute Gasteiger partial charge is 0.237 e. The molecular formula is C20H39Cl2N3O. The number of likely N-dealkylation sites (tertiary alicyclic amines) is 1. The van der Waals surface area contributed by atoms with Gasteiger partial charge in [0.1, 0.15) is 0 Å². The van der Waals surface area contributed by atoms with Crippen molar-refractivity contribution in [2.24, 2.45) is 17.8 Å². The molecule has 1 saturated carbocycles. The van der Waals surface area contributed by atoms with Crippen LogP contribution in [0.3, 0.4) is 0 Å². The Hall–Kier alpha value is -0.0300. The van der Waals surface area contributed by atoms with Crippen LogP contribution in [0.15, 0.2) is 0 Å². The maximum Gasteiger partial charge on any atom is 0.237 e. The van der Waals surface area contributed by atoms with Crippen LogP contribution in [0, 0.1) is 17.8 Å². The molecule has 26 heavy (non-hydrogen) atoms. The third-order valence-electron chi connectivity index (χ3n) is 6.32. The van der Waals surface area contributed by atoms with Crippen LogP contribution in [0.2, 0.25) is 0 Å². The highest BCUT2D eigenvalue weighted by Gasteiger charge is 2.37. The molecule has 5 atom stereocenters. The Bertz CT molecular complexity index is 400. The molecule has 6 heteroatoms. The number of halogens is 2. The fourth-order valence-electron chi connectivity index (χ4n) is 5.29. The van der Waals surface area contributed by atoms with Gasteiger partial charge in [-0.3, -0.25) is 4.79 Å². The number of carbonyl (C=O) groups excluding carboxylic acids is 1. The summed E-state index contributed by atoms with van der Waals surface area (Å²) in [4.78, 5) is 15.0. The van der Waals surface area contributed by atoms with Gasteiger partial charge in [-0.2, -0.15) is 0 Å². The Morgan fingerprint density at radius 3 is 2.42 bits per heavy atom. The highest BCUT2D eigenvalue weighted by atomic mass is 35.5. The number of hydrogen-bond donors (Lipinski definition) is 2. The Kier molecular flexibility index (Phi) is 10.8. The predicted octanol–water partition coefficient (Wildman–Crippen LogP) is 3.63. The number of unbranched alkanes of at least 4 members (excludes halogenated alkanes) is 1. The van der Waals surface area contributed by atoms with Gasteiger partial charge in [-0.25, -0.2) is 0 Å². The molecule has 2 saturated heterocycles. The number of nitrogens with one attached hydrogen (secondary N) is 2. The van der Waals surface area contributed by atoms with Gasteiger partial charge in [0.25, 0.3) is 0 Å². The number of piperidine rings is 1. The molecule has 0 aromatic carbocycles. The molecule has 0 radical (unpaired) electrons. The van der Waals surface area contributed by atoms with E-state index in [0.29, 0.717) is 6.04 Å². The lowest BCUT2D eigenvalue weighted by Gasteiger charge is -2.34. The molecule has 3 rings (SSSR count). The molecule has 154 valence electrons. The zero-order chi connectivity index (χ0) is 16.9. The zero-order valence-corrected chi connectivity index (χ0v) is 18.2. The first-order valence-electron chi connectivity index (χ1n) is 10.4. The quantitative estimate of drug-likeness (QED) is 0.660. The summed E-state index contributed by atoms with van der Waals surface area (Å²) in [6.45, 7) is 9.28. The summed E-state index contributed by atoms with van der Waals surface area (Å²) in [7, 11) is 0. The number of hydrogen-bond acceptors (Lipinski definition) is 3. The molecule has 0 bridgehead atoms. The van der Waals surface area contributed by atoms with E-state index in [1.165, 1.54) is 58.2 Å². The van der Waals surface area contributed by atoms with Gasteiger partial charge >= 0.3 is 0 Å². The van der Waals surface area contributed by atoms with Crippen molar-refractivity contribution < 1.29 is 4.79 Å². The fourth-order valence-corrected chi connectivity index (χ4v) is 5.29. The third-order valence-corrected chi connectivity index (χ3v) is 6.32. The summed E-state index contributed by atoms with van der Waals surface area (Å²) in [5.74, 6) is 2.66. The van der Waals surface area contributed by atoms with Crippen LogP contribution in [-0.4, -0.2) is 49.1 Å². The van der Waals surface area contributed by atoms with Gasteiger partial charge in [0.2, 0.25) is 5.91 Å². The van der Waals surface area contributed by atoms with Gasteiger partial charge in [-0.05, 0) is 62.8 Å². The molecular weight excluding hydrogens is 369 g/mol. The topological polar surface area (TPSA) is 44.4 Å². The van der Waals surface area contributed by atoms with Crippen LogP contribution in [-0.2, 0) is 4.79 Å². The number of nitrogens with zero attached hydrogens (tertiary/aromatic N) is 1. The lowest BCUT2D eigenvalue weighted by Crippen LogP contribution is -2.43. The molecule has 0 spiro atoms. The highest BCUT2D eigenvalue weighted by molar-refractivity contribution is 5.85. The Labute approximate surface area is 172 Å². The summed E-state index contributed by atoms with van der Waals surface area (Å²) >= 11 is 0. The summed E-state index contributed by atoms with van der Waals surface area (Å²) < 4.78 is 0. The van der Waals surface area contributed by atoms with Crippen molar-refractivity contribution in [1.82, 2.24) is 15.5 Å². The second-order valence-corrected chi connectivity index (χ2v) is 8.81. The summed E-state index contributed by atoms with van der Waals surface area (Å²) in [6.07, 6.45) is 9.99. The largest absolute Gasteiger partial charge is 0.355 e. The summed E-state index contributed by atoms with van der Waals surface area (Å²) in [6, 6.07) is 0.680. The molecule has 5 unspecified atom stereocenters. The van der Waals surface area contributed by atoms with Crippen molar-refractivity contribution in [2.75, 3.05) is 26.2 Å². The maximum atomic E-state index is 12.4. The van der Waals surface area contributed by atoms with E-state index in [4.69, 9.17) is 0 Å². The fraction of sp³-hybridized carbons (Fsp3) is 0.950. The predicted molar refractivity (Wildman–Crippen MR) is 113 cm³/mol. The molecule has 4 nitrogen and oxygen atoms in total. The second kappa shape index (κ2) is 11.7. The number of amides is 1. The summed E-state index contributed by atoms with van der Waals surface area (Å²) in [5.41, 5.74) is 0. The minimum atomic E-state index is 0. The first-order chi connectivity index (χ1) is 11.6. The van der Waals surface area contributed by atoms with Crippen LogP contribution < -0.4 is 10.6 Å². The van der Waals surface area contributed by atoms with Crippen LogP contribution in [0.25, 0.3) is 0 Å². The number of rotatable bonds is 6. The molecule has 3 fully saturated rings. The molecule has 2 aliphatic heterocycles. The number of fused-ring (bicyclic) bond motifs is 1. The van der Waals surface area contributed by atoms with Crippen molar-refractivity contribution in [3.05, 3.63) is 0 Å². The molecule has 2 N–H and O–H groups in total. The van der Waals surface area contributed by atoms with Crippen molar-refractivity contribution in [1.29, 1.82) is 0 Å². The third kappa shape index (κ3) is 6.85. The standard InChI is InChI=1S/C20H37N3O.2ClH/c1-15-11-16(2)14-23(13-15)10-6-5-9-21-20(24)19-12-17-7-3-4-8-18(17)22-19;;/h15-19,22H,3-14H2,1-2H3,(H,21,24);2*1H. The van der Waals surface area contributed by atoms with E-state index in [-0.39, 0.29) is 36.8 Å². The van der Waals surface area contributed by atoms with E-state index in [1.54, 1.807) is 0 Å². The van der Waals surface area contributed by atoms with Crippen LogP contribution in [0.5, 0.6) is 0 Å². The monoisotopic (exact) mass is 407 g/mol. The maximum absolute atomic E-state index is 12.4. The van der Waals surface area contributed by atoms with Gasteiger partial charge in [0, 0.05) is 25.7 Å². The lowest BCUT2D eigenvalue weighted by atomic mass is 9.85. The Morgan fingerprint density at radius 2 is 1.73 bits per heavy atom. The highest BCUT2D eigenvalue weighted by Crippen LogP contribution is 2.33.